The minimum Gasteiger partial charge on any atom is -0.481 e. The lowest BCUT2D eigenvalue weighted by atomic mass is 9.84. The number of hydrogen-bond acceptors (Lipinski definition) is 5. The van der Waals surface area contributed by atoms with E-state index in [4.69, 9.17) is 14.6 Å². The fourth-order valence-electron chi connectivity index (χ4n) is 4.09. The highest BCUT2D eigenvalue weighted by Gasteiger charge is 2.24. The molecule has 0 saturated heterocycles. The van der Waals surface area contributed by atoms with E-state index < -0.39 is 0 Å². The molecule has 5 heteroatoms. The molecule has 1 atom stereocenters. The van der Waals surface area contributed by atoms with Crippen LogP contribution in [0.3, 0.4) is 0 Å². The van der Waals surface area contributed by atoms with Gasteiger partial charge in [0.05, 0.1) is 13.7 Å². The molecule has 1 aliphatic rings. The molecule has 0 spiro atoms. The van der Waals surface area contributed by atoms with Crippen LogP contribution in [0.25, 0.3) is 11.1 Å². The monoisotopic (exact) mass is 404 g/mol. The number of aromatic nitrogens is 1. The lowest BCUT2D eigenvalue weighted by Crippen LogP contribution is -2.19. The highest BCUT2D eigenvalue weighted by molar-refractivity contribution is 5.69. The normalized spacial score (nSPS) is 15.5. The Morgan fingerprint density at radius 1 is 1.07 bits per heavy atom. The summed E-state index contributed by atoms with van der Waals surface area (Å²) in [5, 5.41) is 12.1. The van der Waals surface area contributed by atoms with Crippen molar-refractivity contribution in [3.05, 3.63) is 77.4 Å². The smallest absolute Gasteiger partial charge is 0.220 e. The fraction of sp³-hybridized carbons (Fsp3) is 0.320. The predicted octanol–water partition coefficient (Wildman–Crippen LogP) is 4.30. The van der Waals surface area contributed by atoms with Crippen LogP contribution >= 0.6 is 0 Å². The number of benzene rings is 2. The van der Waals surface area contributed by atoms with Crippen molar-refractivity contribution in [2.75, 3.05) is 20.3 Å². The summed E-state index contributed by atoms with van der Waals surface area (Å²) >= 11 is 0. The molecule has 1 aromatic heterocycles. The van der Waals surface area contributed by atoms with E-state index in [1.54, 1.807) is 7.11 Å². The van der Waals surface area contributed by atoms with E-state index in [9.17, 15) is 0 Å². The molecule has 156 valence electrons. The summed E-state index contributed by atoms with van der Waals surface area (Å²) in [5.41, 5.74) is 6.09. The third-order valence-corrected chi connectivity index (χ3v) is 5.51. The quantitative estimate of drug-likeness (QED) is 0.548. The maximum atomic E-state index is 8.94. The zero-order chi connectivity index (χ0) is 20.8. The zero-order valence-corrected chi connectivity index (χ0v) is 17.3. The SMILES string of the molecule is COc1nc(O[C@H]2CCCc3c(-c4ccccc4)cccc32)ccc1CNCCO. The molecule has 4 rings (SSSR count). The van der Waals surface area contributed by atoms with E-state index in [0.29, 0.717) is 24.8 Å². The van der Waals surface area contributed by atoms with Gasteiger partial charge < -0.3 is 19.9 Å². The molecule has 0 saturated carbocycles. The number of pyridine rings is 1. The van der Waals surface area contributed by atoms with Gasteiger partial charge in [0.1, 0.15) is 6.10 Å². The van der Waals surface area contributed by atoms with Gasteiger partial charge in [-0.2, -0.15) is 4.98 Å². The van der Waals surface area contributed by atoms with Crippen LogP contribution in [0.2, 0.25) is 0 Å². The van der Waals surface area contributed by atoms with Crippen LogP contribution in [0.5, 0.6) is 11.8 Å². The molecule has 0 bridgehead atoms. The Labute approximate surface area is 177 Å². The van der Waals surface area contributed by atoms with E-state index >= 15 is 0 Å². The van der Waals surface area contributed by atoms with E-state index in [2.05, 4.69) is 52.8 Å². The number of nitrogens with one attached hydrogen (secondary N) is 1. The number of hydrogen-bond donors (Lipinski definition) is 2. The molecule has 0 radical (unpaired) electrons. The van der Waals surface area contributed by atoms with Crippen molar-refractivity contribution < 1.29 is 14.6 Å². The van der Waals surface area contributed by atoms with Gasteiger partial charge in [-0.3, -0.25) is 0 Å². The van der Waals surface area contributed by atoms with Crippen molar-refractivity contribution >= 4 is 0 Å². The minimum atomic E-state index is -0.0204. The van der Waals surface area contributed by atoms with Gasteiger partial charge in [-0.25, -0.2) is 0 Å². The predicted molar refractivity (Wildman–Crippen MR) is 118 cm³/mol. The van der Waals surface area contributed by atoms with Gasteiger partial charge in [-0.05, 0) is 47.6 Å². The van der Waals surface area contributed by atoms with Crippen molar-refractivity contribution in [3.8, 4) is 22.9 Å². The Morgan fingerprint density at radius 3 is 2.73 bits per heavy atom. The van der Waals surface area contributed by atoms with Gasteiger partial charge in [0, 0.05) is 24.7 Å². The zero-order valence-electron chi connectivity index (χ0n) is 17.3. The minimum absolute atomic E-state index is 0.0204. The first kappa shape index (κ1) is 20.4. The topological polar surface area (TPSA) is 63.6 Å². The second-order valence-corrected chi connectivity index (χ2v) is 7.46. The molecule has 5 nitrogen and oxygen atoms in total. The third kappa shape index (κ3) is 4.48. The first-order chi connectivity index (χ1) is 14.8. The van der Waals surface area contributed by atoms with Crippen LogP contribution in [0.1, 0.15) is 35.6 Å². The lowest BCUT2D eigenvalue weighted by molar-refractivity contribution is 0.174. The summed E-state index contributed by atoms with van der Waals surface area (Å²) in [7, 11) is 1.61. The number of ether oxygens (including phenoxy) is 2. The van der Waals surface area contributed by atoms with Crippen LogP contribution < -0.4 is 14.8 Å². The molecule has 2 aromatic carbocycles. The van der Waals surface area contributed by atoms with Gasteiger partial charge in [-0.1, -0.05) is 48.5 Å². The van der Waals surface area contributed by atoms with Crippen LogP contribution in [0.15, 0.2) is 60.7 Å². The summed E-state index contributed by atoms with van der Waals surface area (Å²) < 4.78 is 11.8. The second kappa shape index (κ2) is 9.74. The number of fused-ring (bicyclic) bond motifs is 1. The molecule has 3 aromatic rings. The highest BCUT2D eigenvalue weighted by Crippen LogP contribution is 2.38. The largest absolute Gasteiger partial charge is 0.481 e. The van der Waals surface area contributed by atoms with Crippen molar-refractivity contribution in [1.29, 1.82) is 0 Å². The summed E-state index contributed by atoms with van der Waals surface area (Å²) in [4.78, 5) is 4.57. The number of nitrogens with zero attached hydrogens (tertiary/aromatic N) is 1. The molecule has 1 heterocycles. The molecule has 0 amide bonds. The summed E-state index contributed by atoms with van der Waals surface area (Å²) in [6, 6.07) is 20.9. The Balaban J connectivity index is 1.57. The molecule has 1 aliphatic carbocycles. The van der Waals surface area contributed by atoms with Crippen molar-refractivity contribution in [1.82, 2.24) is 10.3 Å². The van der Waals surface area contributed by atoms with Gasteiger partial charge in [0.25, 0.3) is 0 Å². The first-order valence-electron chi connectivity index (χ1n) is 10.5. The molecule has 0 unspecified atom stereocenters. The van der Waals surface area contributed by atoms with Crippen LogP contribution in [-0.2, 0) is 13.0 Å². The van der Waals surface area contributed by atoms with Gasteiger partial charge >= 0.3 is 0 Å². The molecular weight excluding hydrogens is 376 g/mol. The summed E-state index contributed by atoms with van der Waals surface area (Å²) in [6.45, 7) is 1.22. The van der Waals surface area contributed by atoms with E-state index in [1.165, 1.54) is 22.3 Å². The number of aliphatic hydroxyl groups excluding tert-OH is 1. The molecular formula is C25H28N2O3. The standard InChI is InChI=1S/C25H28N2O3/c1-29-25-19(17-26-15-16-28)13-14-24(27-25)30-23-12-6-10-21-20(9-5-11-22(21)23)18-7-3-2-4-8-18/h2-5,7-9,11,13-14,23,26,28H,6,10,12,15-17H2,1H3/t23-/m0/s1. The van der Waals surface area contributed by atoms with E-state index in [0.717, 1.165) is 24.8 Å². The molecule has 2 N–H and O–H groups in total. The maximum Gasteiger partial charge on any atom is 0.220 e. The third-order valence-electron chi connectivity index (χ3n) is 5.51. The number of methoxy groups -OCH3 is 1. The Bertz CT molecular complexity index is 975. The Morgan fingerprint density at radius 2 is 1.93 bits per heavy atom. The Kier molecular flexibility index (Phi) is 6.62. The van der Waals surface area contributed by atoms with Gasteiger partial charge in [0.2, 0.25) is 11.8 Å². The maximum absolute atomic E-state index is 8.94. The number of rotatable bonds is 8. The van der Waals surface area contributed by atoms with Crippen LogP contribution in [0.4, 0.5) is 0 Å². The highest BCUT2D eigenvalue weighted by atomic mass is 16.5. The van der Waals surface area contributed by atoms with E-state index in [1.807, 2.05) is 18.2 Å². The van der Waals surface area contributed by atoms with Crippen LogP contribution in [-0.4, -0.2) is 30.4 Å². The summed E-state index contributed by atoms with van der Waals surface area (Å²) in [6.07, 6.45) is 3.09. The average Bonchev–Trinajstić information content (AvgIpc) is 2.80. The van der Waals surface area contributed by atoms with Gasteiger partial charge in [0.15, 0.2) is 0 Å². The van der Waals surface area contributed by atoms with Gasteiger partial charge in [-0.15, -0.1) is 0 Å². The Hall–Kier alpha value is -2.89. The van der Waals surface area contributed by atoms with Crippen molar-refractivity contribution in [2.24, 2.45) is 0 Å². The van der Waals surface area contributed by atoms with Crippen molar-refractivity contribution in [2.45, 2.75) is 31.9 Å². The van der Waals surface area contributed by atoms with Crippen LogP contribution in [0, 0.1) is 0 Å². The number of aliphatic hydroxyl groups is 1. The molecule has 0 fully saturated rings. The fourth-order valence-corrected chi connectivity index (χ4v) is 4.09. The molecule has 0 aliphatic heterocycles. The average molecular weight is 405 g/mol. The second-order valence-electron chi connectivity index (χ2n) is 7.46. The summed E-state index contributed by atoms with van der Waals surface area (Å²) in [5.74, 6) is 1.12. The van der Waals surface area contributed by atoms with E-state index in [-0.39, 0.29) is 12.7 Å². The first-order valence-corrected chi connectivity index (χ1v) is 10.5. The molecule has 30 heavy (non-hydrogen) atoms. The van der Waals surface area contributed by atoms with Crippen molar-refractivity contribution in [3.63, 3.8) is 0 Å². The lowest BCUT2D eigenvalue weighted by Gasteiger charge is -2.28.